The Morgan fingerprint density at radius 3 is 2.37 bits per heavy atom. The number of nitrogens with zero attached hydrogens (tertiary/aromatic N) is 1. The van der Waals surface area contributed by atoms with Crippen molar-refractivity contribution in [2.75, 3.05) is 7.05 Å². The van der Waals surface area contributed by atoms with Crippen molar-refractivity contribution in [1.82, 2.24) is 0 Å². The van der Waals surface area contributed by atoms with E-state index in [1.165, 1.54) is 10.8 Å². The first kappa shape index (κ1) is 13.8. The molecule has 0 spiro atoms. The molecule has 0 saturated carbocycles. The molecule has 0 aliphatic carbocycles. The summed E-state index contributed by atoms with van der Waals surface area (Å²) in [6, 6.07) is 8.31. The highest BCUT2D eigenvalue weighted by Crippen LogP contribution is 2.40. The maximum Gasteiger partial charge on any atom is 0.157 e. The highest BCUT2D eigenvalue weighted by atomic mass is 15.1. The van der Waals surface area contributed by atoms with E-state index in [0.717, 1.165) is 11.6 Å². The molecular formula is C18H24N+. The lowest BCUT2D eigenvalue weighted by Gasteiger charge is -2.23. The molecule has 100 valence electrons. The van der Waals surface area contributed by atoms with Gasteiger partial charge in [0.1, 0.15) is 7.05 Å². The number of allylic oxidation sites excluding steroid dienone is 1. The van der Waals surface area contributed by atoms with Crippen molar-refractivity contribution in [2.45, 2.75) is 32.7 Å². The second-order valence-electron chi connectivity index (χ2n) is 6.42. The van der Waals surface area contributed by atoms with Gasteiger partial charge >= 0.3 is 0 Å². The average molecular weight is 254 g/mol. The third-order valence-electron chi connectivity index (χ3n) is 4.36. The minimum absolute atomic E-state index is 0.0216. The van der Waals surface area contributed by atoms with Crippen molar-refractivity contribution in [3.8, 4) is 0 Å². The normalized spacial score (nSPS) is 26.8. The van der Waals surface area contributed by atoms with Gasteiger partial charge in [-0.05, 0) is 36.8 Å². The fraction of sp³-hybridized carbons (Fsp3) is 0.389. The molecule has 19 heavy (non-hydrogen) atoms. The van der Waals surface area contributed by atoms with E-state index in [2.05, 4.69) is 70.0 Å². The van der Waals surface area contributed by atoms with Crippen molar-refractivity contribution in [3.63, 3.8) is 0 Å². The Kier molecular flexibility index (Phi) is 3.25. The first-order valence-corrected chi connectivity index (χ1v) is 6.80. The topological polar surface area (TPSA) is 3.01 Å². The molecule has 1 aliphatic heterocycles. The Labute approximate surface area is 116 Å². The molecule has 1 aromatic rings. The second kappa shape index (κ2) is 4.48. The first-order valence-electron chi connectivity index (χ1n) is 6.80. The van der Waals surface area contributed by atoms with Crippen LogP contribution in [0, 0.1) is 5.41 Å². The van der Waals surface area contributed by atoms with E-state index >= 15 is 0 Å². The second-order valence-corrected chi connectivity index (χ2v) is 6.42. The summed E-state index contributed by atoms with van der Waals surface area (Å²) in [4.78, 5) is 0. The predicted molar refractivity (Wildman–Crippen MR) is 83.9 cm³/mol. The highest BCUT2D eigenvalue weighted by molar-refractivity contribution is 5.82. The Balaban J connectivity index is 2.71. The molecule has 0 amide bonds. The number of hydrogen-bond donors (Lipinski definition) is 0. The molecule has 1 heterocycles. The van der Waals surface area contributed by atoms with Gasteiger partial charge in [-0.3, -0.25) is 0 Å². The van der Waals surface area contributed by atoms with Gasteiger partial charge in [0.15, 0.2) is 11.8 Å². The molecular weight excluding hydrogens is 230 g/mol. The minimum atomic E-state index is 0.0216. The van der Waals surface area contributed by atoms with E-state index in [9.17, 15) is 0 Å². The monoisotopic (exact) mass is 254 g/mol. The highest BCUT2D eigenvalue weighted by Gasteiger charge is 2.47. The molecule has 0 saturated heterocycles. The summed E-state index contributed by atoms with van der Waals surface area (Å²) in [6.45, 7) is 15.0. The molecule has 2 rings (SSSR count). The smallest absolute Gasteiger partial charge is 0.157 e. The van der Waals surface area contributed by atoms with Crippen molar-refractivity contribution >= 4 is 18.4 Å². The number of hydrogen-bond acceptors (Lipinski definition) is 0. The summed E-state index contributed by atoms with van der Waals surface area (Å²) < 4.78 is 2.32. The van der Waals surface area contributed by atoms with E-state index in [0.29, 0.717) is 0 Å². The molecule has 1 unspecified atom stereocenters. The first-order chi connectivity index (χ1) is 8.80. The van der Waals surface area contributed by atoms with Gasteiger partial charge in [-0.2, -0.15) is 0 Å². The van der Waals surface area contributed by atoms with E-state index < -0.39 is 0 Å². The Hall–Kier alpha value is -1.63. The van der Waals surface area contributed by atoms with Crippen molar-refractivity contribution in [1.29, 1.82) is 0 Å². The van der Waals surface area contributed by atoms with Gasteiger partial charge in [0.25, 0.3) is 0 Å². The van der Waals surface area contributed by atoms with E-state index in [-0.39, 0.29) is 11.0 Å². The van der Waals surface area contributed by atoms with E-state index in [1.807, 2.05) is 12.1 Å². The fourth-order valence-electron chi connectivity index (χ4n) is 3.27. The van der Waals surface area contributed by atoms with E-state index in [4.69, 9.17) is 0 Å². The average Bonchev–Trinajstić information content (AvgIpc) is 2.52. The van der Waals surface area contributed by atoms with Crippen LogP contribution in [0.1, 0.15) is 27.2 Å². The lowest BCUT2D eigenvalue weighted by Crippen LogP contribution is -2.33. The standard InChI is InChI=1S/C18H24N/c1-7-16(15-11-9-8-10-14(15)2)18(5)12-17(3,4)19(6)13-18/h7-11,13H,1-2,12H2,3-6H3/q+1/b16-15+. The predicted octanol–water partition coefficient (Wildman–Crippen LogP) is 2.34. The van der Waals surface area contributed by atoms with Gasteiger partial charge in [0.2, 0.25) is 0 Å². The zero-order chi connectivity index (χ0) is 14.3. The van der Waals surface area contributed by atoms with Crippen molar-refractivity contribution in [3.05, 3.63) is 47.4 Å². The summed E-state index contributed by atoms with van der Waals surface area (Å²) in [5.74, 6) is 0. The van der Waals surface area contributed by atoms with Crippen molar-refractivity contribution in [2.24, 2.45) is 5.41 Å². The molecule has 1 atom stereocenters. The molecule has 0 bridgehead atoms. The van der Waals surface area contributed by atoms with Crippen LogP contribution >= 0.6 is 0 Å². The van der Waals surface area contributed by atoms with Crippen LogP contribution in [0.4, 0.5) is 0 Å². The Bertz CT molecular complexity index is 649. The maximum atomic E-state index is 4.15. The summed E-state index contributed by atoms with van der Waals surface area (Å²) in [6.07, 6.45) is 5.42. The lowest BCUT2D eigenvalue weighted by molar-refractivity contribution is -0.562. The molecule has 1 heteroatoms. The van der Waals surface area contributed by atoms with Gasteiger partial charge in [-0.25, -0.2) is 4.58 Å². The molecule has 1 aliphatic rings. The van der Waals surface area contributed by atoms with Crippen LogP contribution < -0.4 is 10.4 Å². The quantitative estimate of drug-likeness (QED) is 0.713. The van der Waals surface area contributed by atoms with Crippen molar-refractivity contribution < 1.29 is 4.58 Å². The van der Waals surface area contributed by atoms with Crippen LogP contribution in [0.2, 0.25) is 0 Å². The molecule has 0 N–H and O–H groups in total. The van der Waals surface area contributed by atoms with Crippen LogP contribution in [0.5, 0.6) is 0 Å². The summed E-state index contributed by atoms with van der Waals surface area (Å²) in [5.41, 5.74) is 1.47. The minimum Gasteiger partial charge on any atom is -0.237 e. The largest absolute Gasteiger partial charge is 0.237 e. The summed E-state index contributed by atoms with van der Waals surface area (Å²) in [5, 5.41) is 2.28. The van der Waals surface area contributed by atoms with Crippen LogP contribution in [-0.4, -0.2) is 23.4 Å². The Morgan fingerprint density at radius 2 is 1.89 bits per heavy atom. The maximum absolute atomic E-state index is 4.15. The zero-order valence-corrected chi connectivity index (χ0v) is 12.5. The number of benzene rings is 1. The Morgan fingerprint density at radius 1 is 1.26 bits per heavy atom. The van der Waals surface area contributed by atoms with Gasteiger partial charge in [-0.1, -0.05) is 43.5 Å². The van der Waals surface area contributed by atoms with E-state index in [1.54, 1.807) is 0 Å². The lowest BCUT2D eigenvalue weighted by atomic mass is 9.76. The van der Waals surface area contributed by atoms with Gasteiger partial charge in [0, 0.05) is 6.42 Å². The molecule has 0 aromatic heterocycles. The van der Waals surface area contributed by atoms with Crippen LogP contribution in [0.3, 0.4) is 0 Å². The molecule has 1 nitrogen and oxygen atoms in total. The third-order valence-corrected chi connectivity index (χ3v) is 4.36. The van der Waals surface area contributed by atoms with Gasteiger partial charge in [0.05, 0.1) is 5.41 Å². The SMILES string of the molecule is C=C/C(=c1/ccccc1=C)C1(C)C=[N+](C)C(C)(C)C1. The molecule has 0 radical (unpaired) electrons. The summed E-state index contributed by atoms with van der Waals surface area (Å²) >= 11 is 0. The fourth-order valence-corrected chi connectivity index (χ4v) is 3.27. The van der Waals surface area contributed by atoms with Crippen LogP contribution in [0.15, 0.2) is 36.9 Å². The van der Waals surface area contributed by atoms with Crippen LogP contribution in [-0.2, 0) is 0 Å². The number of rotatable bonds is 2. The molecule has 1 aromatic carbocycles. The van der Waals surface area contributed by atoms with Gasteiger partial charge < -0.3 is 0 Å². The summed E-state index contributed by atoms with van der Waals surface area (Å²) in [7, 11) is 2.15. The van der Waals surface area contributed by atoms with Crippen LogP contribution in [0.25, 0.3) is 12.2 Å². The zero-order valence-electron chi connectivity index (χ0n) is 12.5. The molecule has 0 fully saturated rings. The van der Waals surface area contributed by atoms with Gasteiger partial charge in [-0.15, -0.1) is 0 Å². The third kappa shape index (κ3) is 2.30.